The molecule has 1 atom stereocenters. The fourth-order valence-electron chi connectivity index (χ4n) is 3.34. The maximum Gasteiger partial charge on any atom is 0.258 e. The summed E-state index contributed by atoms with van der Waals surface area (Å²) < 4.78 is 19.9. The number of amides is 1. The van der Waals surface area contributed by atoms with Gasteiger partial charge in [0.15, 0.2) is 11.0 Å². The number of nitrogens with one attached hydrogen (secondary N) is 1. The quantitative estimate of drug-likeness (QED) is 0.716. The van der Waals surface area contributed by atoms with Gasteiger partial charge in [-0.1, -0.05) is 5.16 Å². The molecule has 0 radical (unpaired) electrons. The summed E-state index contributed by atoms with van der Waals surface area (Å²) in [6.45, 7) is 4.77. The first-order valence-electron chi connectivity index (χ1n) is 9.08. The van der Waals surface area contributed by atoms with Crippen LogP contribution in [0.2, 0.25) is 0 Å². The minimum atomic E-state index is -0.370. The molecule has 1 aromatic carbocycles. The Balaban J connectivity index is 1.47. The summed E-state index contributed by atoms with van der Waals surface area (Å²) in [5.41, 5.74) is 1.89. The van der Waals surface area contributed by atoms with Crippen molar-refractivity contribution in [1.29, 1.82) is 0 Å². The summed E-state index contributed by atoms with van der Waals surface area (Å²) in [7, 11) is 0. The first-order valence-corrected chi connectivity index (χ1v) is 9.96. The molecule has 28 heavy (non-hydrogen) atoms. The summed E-state index contributed by atoms with van der Waals surface area (Å²) >= 11 is 1.41. The average Bonchev–Trinajstić information content (AvgIpc) is 3.30. The lowest BCUT2D eigenvalue weighted by atomic mass is 9.96. The largest absolute Gasteiger partial charge is 0.368 e. The maximum absolute atomic E-state index is 14.8. The Morgan fingerprint density at radius 2 is 2.21 bits per heavy atom. The third-order valence-electron chi connectivity index (χ3n) is 4.70. The molecule has 4 rings (SSSR count). The van der Waals surface area contributed by atoms with Crippen LogP contribution in [0.3, 0.4) is 0 Å². The van der Waals surface area contributed by atoms with Crippen LogP contribution in [0.25, 0.3) is 11.5 Å². The number of benzene rings is 1. The Labute approximate surface area is 165 Å². The monoisotopic (exact) mass is 401 g/mol. The van der Waals surface area contributed by atoms with Crippen molar-refractivity contribution < 1.29 is 13.7 Å². The van der Waals surface area contributed by atoms with Crippen LogP contribution in [0.4, 0.5) is 15.2 Å². The number of nitrogens with zero attached hydrogens (tertiary/aromatic N) is 4. The van der Waals surface area contributed by atoms with Crippen LogP contribution < -0.4 is 10.2 Å². The topological polar surface area (TPSA) is 84.2 Å². The third kappa shape index (κ3) is 3.89. The first-order chi connectivity index (χ1) is 13.5. The summed E-state index contributed by atoms with van der Waals surface area (Å²) in [4.78, 5) is 22.9. The van der Waals surface area contributed by atoms with Gasteiger partial charge in [0.25, 0.3) is 5.89 Å². The van der Waals surface area contributed by atoms with Crippen molar-refractivity contribution in [2.75, 3.05) is 23.3 Å². The van der Waals surface area contributed by atoms with Gasteiger partial charge in [0, 0.05) is 24.0 Å². The number of hydrogen-bond acceptors (Lipinski definition) is 7. The number of aromatic nitrogens is 3. The molecule has 1 aliphatic rings. The lowest BCUT2D eigenvalue weighted by Crippen LogP contribution is -2.41. The Bertz CT molecular complexity index is 1000. The standard InChI is InChI=1S/C19H20FN5O2S/c1-11-10-28-19(21-11)23-17(26)14-4-3-7-25(9-14)16-6-5-13(8-15(16)20)18-22-12(2)24-27-18/h5-6,8,10,14H,3-4,7,9H2,1-2H3,(H,21,23,26). The SMILES string of the molecule is Cc1csc(NC(=O)C2CCCN(c3ccc(-c4nc(C)no4)cc3F)C2)n1. The second-order valence-electron chi connectivity index (χ2n) is 6.88. The highest BCUT2D eigenvalue weighted by atomic mass is 32.1. The molecular weight excluding hydrogens is 381 g/mol. The Hall–Kier alpha value is -2.81. The van der Waals surface area contributed by atoms with Crippen molar-refractivity contribution in [2.24, 2.45) is 5.92 Å². The van der Waals surface area contributed by atoms with E-state index in [4.69, 9.17) is 4.52 Å². The fraction of sp³-hybridized carbons (Fsp3) is 0.368. The highest BCUT2D eigenvalue weighted by Crippen LogP contribution is 2.29. The highest BCUT2D eigenvalue weighted by molar-refractivity contribution is 7.13. The Morgan fingerprint density at radius 1 is 1.36 bits per heavy atom. The van der Waals surface area contributed by atoms with E-state index in [1.807, 2.05) is 17.2 Å². The van der Waals surface area contributed by atoms with Gasteiger partial charge < -0.3 is 14.7 Å². The van der Waals surface area contributed by atoms with E-state index >= 15 is 0 Å². The average molecular weight is 401 g/mol. The number of piperidine rings is 1. The van der Waals surface area contributed by atoms with E-state index in [9.17, 15) is 9.18 Å². The van der Waals surface area contributed by atoms with Crippen molar-refractivity contribution in [3.63, 3.8) is 0 Å². The van der Waals surface area contributed by atoms with Gasteiger partial charge in [-0.15, -0.1) is 11.3 Å². The molecule has 1 amide bonds. The zero-order chi connectivity index (χ0) is 19.7. The number of thiazole rings is 1. The summed E-state index contributed by atoms with van der Waals surface area (Å²) in [5, 5.41) is 9.10. The number of carbonyl (C=O) groups excluding carboxylic acids is 1. The van der Waals surface area contributed by atoms with E-state index in [0.29, 0.717) is 35.3 Å². The number of rotatable bonds is 4. The molecule has 0 aliphatic carbocycles. The predicted molar refractivity (Wildman–Crippen MR) is 105 cm³/mol. The maximum atomic E-state index is 14.8. The minimum absolute atomic E-state index is 0.0718. The Morgan fingerprint density at radius 3 is 2.89 bits per heavy atom. The molecule has 2 aromatic heterocycles. The van der Waals surface area contributed by atoms with E-state index in [0.717, 1.165) is 18.5 Å². The van der Waals surface area contributed by atoms with E-state index < -0.39 is 0 Å². The lowest BCUT2D eigenvalue weighted by Gasteiger charge is -2.33. The van der Waals surface area contributed by atoms with E-state index in [-0.39, 0.29) is 23.5 Å². The summed E-state index contributed by atoms with van der Waals surface area (Å²) in [5.74, 6) is 0.135. The molecule has 1 fully saturated rings. The fourth-order valence-corrected chi connectivity index (χ4v) is 4.03. The van der Waals surface area contributed by atoms with E-state index in [1.54, 1.807) is 19.1 Å². The smallest absolute Gasteiger partial charge is 0.258 e. The lowest BCUT2D eigenvalue weighted by molar-refractivity contribution is -0.120. The second-order valence-corrected chi connectivity index (χ2v) is 7.74. The predicted octanol–water partition coefficient (Wildman–Crippen LogP) is 3.80. The molecule has 9 heteroatoms. The van der Waals surface area contributed by atoms with Gasteiger partial charge in [0.1, 0.15) is 5.82 Å². The van der Waals surface area contributed by atoms with Crippen LogP contribution >= 0.6 is 11.3 Å². The van der Waals surface area contributed by atoms with Gasteiger partial charge in [0.2, 0.25) is 5.91 Å². The number of carbonyl (C=O) groups is 1. The summed E-state index contributed by atoms with van der Waals surface area (Å²) in [6.07, 6.45) is 1.59. The normalized spacial score (nSPS) is 17.0. The van der Waals surface area contributed by atoms with E-state index in [1.165, 1.54) is 17.4 Å². The van der Waals surface area contributed by atoms with Gasteiger partial charge >= 0.3 is 0 Å². The zero-order valence-corrected chi connectivity index (χ0v) is 16.4. The van der Waals surface area contributed by atoms with Gasteiger partial charge in [-0.05, 0) is 44.9 Å². The number of hydrogen-bond donors (Lipinski definition) is 1. The molecule has 1 N–H and O–H groups in total. The molecule has 1 saturated heterocycles. The molecule has 3 aromatic rings. The molecule has 1 unspecified atom stereocenters. The molecule has 0 spiro atoms. The van der Waals surface area contributed by atoms with Gasteiger partial charge in [-0.2, -0.15) is 4.98 Å². The molecule has 0 saturated carbocycles. The van der Waals surface area contributed by atoms with Crippen molar-refractivity contribution in [1.82, 2.24) is 15.1 Å². The number of anilines is 2. The third-order valence-corrected chi connectivity index (χ3v) is 5.58. The zero-order valence-electron chi connectivity index (χ0n) is 15.6. The van der Waals surface area contributed by atoms with Crippen molar-refractivity contribution in [2.45, 2.75) is 26.7 Å². The summed E-state index contributed by atoms with van der Waals surface area (Å²) in [6, 6.07) is 4.85. The Kier molecular flexibility index (Phi) is 5.08. The van der Waals surface area contributed by atoms with Crippen LogP contribution in [-0.4, -0.2) is 34.1 Å². The highest BCUT2D eigenvalue weighted by Gasteiger charge is 2.28. The second kappa shape index (κ2) is 7.67. The molecule has 7 nitrogen and oxygen atoms in total. The molecule has 1 aliphatic heterocycles. The van der Waals surface area contributed by atoms with Gasteiger partial charge in [-0.25, -0.2) is 9.37 Å². The van der Waals surface area contributed by atoms with E-state index in [2.05, 4.69) is 20.4 Å². The van der Waals surface area contributed by atoms with Crippen molar-refractivity contribution in [3.8, 4) is 11.5 Å². The van der Waals surface area contributed by atoms with Gasteiger partial charge in [0.05, 0.1) is 17.3 Å². The van der Waals surface area contributed by atoms with Crippen LogP contribution in [0.5, 0.6) is 0 Å². The number of halogens is 1. The minimum Gasteiger partial charge on any atom is -0.368 e. The van der Waals surface area contributed by atoms with Crippen molar-refractivity contribution in [3.05, 3.63) is 40.9 Å². The first kappa shape index (κ1) is 18.5. The molecule has 0 bridgehead atoms. The van der Waals surface area contributed by atoms with Crippen LogP contribution in [0.1, 0.15) is 24.4 Å². The van der Waals surface area contributed by atoms with Crippen LogP contribution in [0, 0.1) is 25.6 Å². The van der Waals surface area contributed by atoms with Crippen LogP contribution in [0.15, 0.2) is 28.1 Å². The molecular formula is C19H20FN5O2S. The molecule has 146 valence electrons. The van der Waals surface area contributed by atoms with Crippen LogP contribution in [-0.2, 0) is 4.79 Å². The number of aryl methyl sites for hydroxylation is 2. The van der Waals surface area contributed by atoms with Gasteiger partial charge in [-0.3, -0.25) is 4.79 Å². The molecule has 3 heterocycles. The van der Waals surface area contributed by atoms with Crippen molar-refractivity contribution >= 4 is 28.1 Å².